The van der Waals surface area contributed by atoms with Gasteiger partial charge < -0.3 is 10.2 Å². The van der Waals surface area contributed by atoms with Crippen molar-refractivity contribution in [3.05, 3.63) is 41.5 Å². The summed E-state index contributed by atoms with van der Waals surface area (Å²) in [5.41, 5.74) is 1.43. The van der Waals surface area contributed by atoms with Gasteiger partial charge in [0.2, 0.25) is 11.8 Å². The summed E-state index contributed by atoms with van der Waals surface area (Å²) in [5.74, 6) is -0.532. The minimum absolute atomic E-state index is 0.0470. The number of likely N-dealkylation sites (tertiary alicyclic amines) is 1. The van der Waals surface area contributed by atoms with E-state index in [1.54, 1.807) is 36.1 Å². The molecule has 0 saturated carbocycles. The Kier molecular flexibility index (Phi) is 5.63. The van der Waals surface area contributed by atoms with Gasteiger partial charge in [-0.15, -0.1) is 0 Å². The number of hydrogen-bond acceptors (Lipinski definition) is 4. The Balaban J connectivity index is 1.96. The summed E-state index contributed by atoms with van der Waals surface area (Å²) in [6.07, 6.45) is 1.99. The van der Waals surface area contributed by atoms with Gasteiger partial charge in [-0.05, 0) is 38.1 Å². The molecule has 2 rings (SSSR count). The molecule has 6 nitrogen and oxygen atoms in total. The zero-order valence-corrected chi connectivity index (χ0v) is 13.8. The van der Waals surface area contributed by atoms with Crippen LogP contribution in [0.1, 0.15) is 37.0 Å². The number of nitrogens with one attached hydrogen (secondary N) is 1. The first-order valence-electron chi connectivity index (χ1n) is 7.78. The molecular formula is C18H20N2O4. The van der Waals surface area contributed by atoms with Gasteiger partial charge in [-0.3, -0.25) is 19.2 Å². The Morgan fingerprint density at radius 2 is 1.62 bits per heavy atom. The zero-order chi connectivity index (χ0) is 17.7. The molecule has 1 N–H and O–H groups in total. The molecule has 126 valence electrons. The smallest absolute Gasteiger partial charge is 0.249 e. The Bertz CT molecular complexity index is 694. The van der Waals surface area contributed by atoms with Crippen molar-refractivity contribution in [1.29, 1.82) is 0 Å². The zero-order valence-electron chi connectivity index (χ0n) is 13.8. The molecule has 6 heteroatoms. The van der Waals surface area contributed by atoms with Gasteiger partial charge >= 0.3 is 0 Å². The summed E-state index contributed by atoms with van der Waals surface area (Å²) in [7, 11) is 0. The van der Waals surface area contributed by atoms with E-state index in [1.807, 2.05) is 0 Å². The summed E-state index contributed by atoms with van der Waals surface area (Å²) >= 11 is 0. The molecule has 1 aromatic rings. The van der Waals surface area contributed by atoms with Crippen LogP contribution in [0.15, 0.2) is 35.9 Å². The molecule has 0 aliphatic carbocycles. The average molecular weight is 328 g/mol. The molecule has 1 aliphatic rings. The number of Topliss-reactive ketones (excluding diaryl/α,β-unsaturated/α-hetero) is 2. The minimum atomic E-state index is -0.412. The molecule has 0 atom stereocenters. The van der Waals surface area contributed by atoms with Gasteiger partial charge in [0, 0.05) is 48.8 Å². The number of amides is 2. The number of anilines is 1. The highest BCUT2D eigenvalue weighted by Crippen LogP contribution is 2.12. The van der Waals surface area contributed by atoms with E-state index < -0.39 is 5.91 Å². The van der Waals surface area contributed by atoms with E-state index in [-0.39, 0.29) is 17.5 Å². The molecule has 0 bridgehead atoms. The quantitative estimate of drug-likeness (QED) is 0.676. The lowest BCUT2D eigenvalue weighted by Gasteiger charge is -2.26. The maximum absolute atomic E-state index is 12.2. The van der Waals surface area contributed by atoms with E-state index in [9.17, 15) is 19.2 Å². The number of carbonyl (C=O) groups is 4. The Labute approximate surface area is 140 Å². The average Bonchev–Trinajstić information content (AvgIpc) is 2.55. The maximum atomic E-state index is 12.2. The van der Waals surface area contributed by atoms with Crippen molar-refractivity contribution in [3.8, 4) is 0 Å². The third kappa shape index (κ3) is 4.62. The first-order valence-corrected chi connectivity index (χ1v) is 7.78. The van der Waals surface area contributed by atoms with E-state index >= 15 is 0 Å². The Morgan fingerprint density at radius 1 is 1.04 bits per heavy atom. The number of benzene rings is 1. The topological polar surface area (TPSA) is 83.6 Å². The van der Waals surface area contributed by atoms with Crippen LogP contribution in [0, 0.1) is 0 Å². The van der Waals surface area contributed by atoms with E-state index in [0.717, 1.165) is 0 Å². The summed E-state index contributed by atoms with van der Waals surface area (Å²) < 4.78 is 0. The van der Waals surface area contributed by atoms with Gasteiger partial charge in [0.1, 0.15) is 5.78 Å². The molecular weight excluding hydrogens is 308 g/mol. The van der Waals surface area contributed by atoms with Gasteiger partial charge in [0.15, 0.2) is 5.78 Å². The van der Waals surface area contributed by atoms with Gasteiger partial charge in [-0.25, -0.2) is 0 Å². The monoisotopic (exact) mass is 328 g/mol. The largest absolute Gasteiger partial charge is 0.338 e. The van der Waals surface area contributed by atoms with Crippen molar-refractivity contribution in [1.82, 2.24) is 4.90 Å². The van der Waals surface area contributed by atoms with Crippen LogP contribution in [0.4, 0.5) is 5.69 Å². The van der Waals surface area contributed by atoms with Crippen LogP contribution in [0.2, 0.25) is 0 Å². The summed E-state index contributed by atoms with van der Waals surface area (Å²) in [6, 6.07) is 6.53. The fraction of sp³-hybridized carbons (Fsp3) is 0.333. The number of rotatable bonds is 4. The lowest BCUT2D eigenvalue weighted by atomic mass is 10.1. The van der Waals surface area contributed by atoms with Crippen molar-refractivity contribution in [2.45, 2.75) is 26.7 Å². The molecule has 0 radical (unpaired) electrons. The highest BCUT2D eigenvalue weighted by Gasteiger charge is 2.21. The Morgan fingerprint density at radius 3 is 2.17 bits per heavy atom. The Hall–Kier alpha value is -2.76. The summed E-state index contributed by atoms with van der Waals surface area (Å²) in [5, 5.41) is 2.65. The summed E-state index contributed by atoms with van der Waals surface area (Å²) in [6.45, 7) is 3.85. The third-order valence-electron chi connectivity index (χ3n) is 3.85. The van der Waals surface area contributed by atoms with E-state index in [4.69, 9.17) is 0 Å². The third-order valence-corrected chi connectivity index (χ3v) is 3.85. The molecule has 0 aromatic heterocycles. The molecule has 0 spiro atoms. The van der Waals surface area contributed by atoms with Crippen molar-refractivity contribution >= 4 is 29.1 Å². The first-order chi connectivity index (χ1) is 11.4. The van der Waals surface area contributed by atoms with E-state index in [0.29, 0.717) is 42.8 Å². The standard InChI is InChI=1S/C18H20N2O4/c1-12(18(24)20-9-7-16(22)8-10-20)11-17(23)19-15-5-3-14(4-6-15)13(2)21/h3-6,11H,7-10H2,1-2H3,(H,19,23)/b12-11-. The number of ketones is 2. The van der Waals surface area contributed by atoms with Crippen molar-refractivity contribution in [2.75, 3.05) is 18.4 Å². The number of piperidine rings is 1. The number of nitrogens with zero attached hydrogens (tertiary/aromatic N) is 1. The van der Waals surface area contributed by atoms with Crippen LogP contribution < -0.4 is 5.32 Å². The fourth-order valence-corrected chi connectivity index (χ4v) is 2.43. The molecule has 0 unspecified atom stereocenters. The van der Waals surface area contributed by atoms with Crippen molar-refractivity contribution < 1.29 is 19.2 Å². The fourth-order valence-electron chi connectivity index (χ4n) is 2.43. The highest BCUT2D eigenvalue weighted by atomic mass is 16.2. The van der Waals surface area contributed by atoms with Crippen LogP contribution in [0.5, 0.6) is 0 Å². The van der Waals surface area contributed by atoms with Gasteiger partial charge in [0.05, 0.1) is 0 Å². The van der Waals surface area contributed by atoms with Crippen LogP contribution in [-0.2, 0) is 14.4 Å². The van der Waals surface area contributed by atoms with Crippen LogP contribution in [0.3, 0.4) is 0 Å². The second kappa shape index (κ2) is 7.68. The molecule has 1 saturated heterocycles. The van der Waals surface area contributed by atoms with E-state index in [1.165, 1.54) is 13.0 Å². The van der Waals surface area contributed by atoms with Crippen molar-refractivity contribution in [2.24, 2.45) is 0 Å². The van der Waals surface area contributed by atoms with Gasteiger partial charge in [0.25, 0.3) is 0 Å². The summed E-state index contributed by atoms with van der Waals surface area (Å²) in [4.78, 5) is 48.2. The normalized spacial score (nSPS) is 15.2. The van der Waals surface area contributed by atoms with Gasteiger partial charge in [-0.2, -0.15) is 0 Å². The maximum Gasteiger partial charge on any atom is 0.249 e. The van der Waals surface area contributed by atoms with Crippen LogP contribution in [-0.4, -0.2) is 41.4 Å². The molecule has 1 fully saturated rings. The predicted octanol–water partition coefficient (Wildman–Crippen LogP) is 1.97. The predicted molar refractivity (Wildman–Crippen MR) is 89.7 cm³/mol. The second-order valence-corrected chi connectivity index (χ2v) is 5.78. The molecule has 1 aliphatic heterocycles. The molecule has 1 heterocycles. The van der Waals surface area contributed by atoms with Crippen molar-refractivity contribution in [3.63, 3.8) is 0 Å². The minimum Gasteiger partial charge on any atom is -0.338 e. The SMILES string of the molecule is CC(=O)c1ccc(NC(=O)/C=C(/C)C(=O)N2CCC(=O)CC2)cc1. The first kappa shape index (κ1) is 17.6. The van der Waals surface area contributed by atoms with Crippen LogP contribution >= 0.6 is 0 Å². The second-order valence-electron chi connectivity index (χ2n) is 5.78. The van der Waals surface area contributed by atoms with Gasteiger partial charge in [-0.1, -0.05) is 0 Å². The highest BCUT2D eigenvalue weighted by molar-refractivity contribution is 6.06. The van der Waals surface area contributed by atoms with Crippen LogP contribution in [0.25, 0.3) is 0 Å². The molecule has 1 aromatic carbocycles. The molecule has 24 heavy (non-hydrogen) atoms. The molecule has 2 amide bonds. The number of carbonyl (C=O) groups excluding carboxylic acids is 4. The lowest BCUT2D eigenvalue weighted by Crippen LogP contribution is -2.39. The number of hydrogen-bond donors (Lipinski definition) is 1. The van der Waals surface area contributed by atoms with E-state index in [2.05, 4.69) is 5.32 Å². The lowest BCUT2D eigenvalue weighted by molar-refractivity contribution is -0.131.